The number of benzene rings is 2. The predicted octanol–water partition coefficient (Wildman–Crippen LogP) is 3.32. The predicted molar refractivity (Wildman–Crippen MR) is 144 cm³/mol. The van der Waals surface area contributed by atoms with Crippen molar-refractivity contribution in [3.63, 3.8) is 0 Å². The zero-order valence-electron chi connectivity index (χ0n) is 21.5. The number of nitrogens with one attached hydrogen (secondary N) is 2. The molecular weight excluding hydrogens is 487 g/mol. The lowest BCUT2D eigenvalue weighted by atomic mass is 10.0. The van der Waals surface area contributed by atoms with E-state index in [9.17, 15) is 9.18 Å². The highest BCUT2D eigenvalue weighted by Crippen LogP contribution is 2.39. The topological polar surface area (TPSA) is 91.8 Å². The van der Waals surface area contributed by atoms with Crippen molar-refractivity contribution < 1.29 is 18.7 Å². The van der Waals surface area contributed by atoms with Gasteiger partial charge in [-0.1, -0.05) is 6.07 Å². The maximum atomic E-state index is 14.6. The van der Waals surface area contributed by atoms with E-state index >= 15 is 0 Å². The maximum absolute atomic E-state index is 14.6. The number of nitrogens with zero attached hydrogens (tertiary/aromatic N) is 4. The zero-order valence-corrected chi connectivity index (χ0v) is 21.5. The van der Waals surface area contributed by atoms with Crippen LogP contribution in [0.2, 0.25) is 0 Å². The minimum absolute atomic E-state index is 0.0908. The number of anilines is 3. The number of halogens is 1. The van der Waals surface area contributed by atoms with Crippen molar-refractivity contribution in [1.82, 2.24) is 15.3 Å². The Labute approximate surface area is 221 Å². The third-order valence-electron chi connectivity index (χ3n) is 7.74. The van der Waals surface area contributed by atoms with Gasteiger partial charge in [-0.3, -0.25) is 4.79 Å². The molecule has 9 nitrogen and oxygen atoms in total. The average molecular weight is 519 g/mol. The second-order valence-corrected chi connectivity index (χ2v) is 9.98. The number of hydrogen-bond donors (Lipinski definition) is 2. The quantitative estimate of drug-likeness (QED) is 0.469. The standard InChI is InChI=1S/C28H31FN6O3/c1-37-16-19-9-11-34(19)18-6-7-22(24(13-18)35-15-17-12-20(35)14-31-17)33-28(36)23-8-10-30-27(32-23)26-21(29)4-3-5-25(26)38-2/h3-8,10,13,17,19-20,31H,9,11-12,14-16H2,1-2H3,(H,33,36)/t17-,19?,20-/m0/s1. The summed E-state index contributed by atoms with van der Waals surface area (Å²) in [5, 5.41) is 6.61. The van der Waals surface area contributed by atoms with E-state index in [4.69, 9.17) is 9.47 Å². The summed E-state index contributed by atoms with van der Waals surface area (Å²) in [5.41, 5.74) is 3.10. The van der Waals surface area contributed by atoms with Gasteiger partial charge in [0.25, 0.3) is 5.91 Å². The van der Waals surface area contributed by atoms with Crippen LogP contribution in [0.15, 0.2) is 48.7 Å². The van der Waals surface area contributed by atoms with E-state index in [1.165, 1.54) is 25.4 Å². The molecule has 3 fully saturated rings. The fourth-order valence-electron chi connectivity index (χ4n) is 5.73. The van der Waals surface area contributed by atoms with E-state index < -0.39 is 5.82 Å². The smallest absolute Gasteiger partial charge is 0.274 e. The summed E-state index contributed by atoms with van der Waals surface area (Å²) in [4.78, 5) is 26.7. The molecular formula is C28H31FN6O3. The van der Waals surface area contributed by atoms with Crippen LogP contribution in [0.4, 0.5) is 21.5 Å². The first-order chi connectivity index (χ1) is 18.6. The molecule has 198 valence electrons. The molecule has 3 aromatic rings. The second kappa shape index (κ2) is 10.2. The monoisotopic (exact) mass is 518 g/mol. The highest BCUT2D eigenvalue weighted by molar-refractivity contribution is 6.05. The molecule has 2 N–H and O–H groups in total. The fraction of sp³-hybridized carbons (Fsp3) is 0.393. The molecule has 4 heterocycles. The number of amides is 1. The van der Waals surface area contributed by atoms with Crippen LogP contribution < -0.4 is 25.2 Å². The van der Waals surface area contributed by atoms with Crippen LogP contribution in [0.5, 0.6) is 5.75 Å². The fourth-order valence-corrected chi connectivity index (χ4v) is 5.73. The Kier molecular flexibility index (Phi) is 6.59. The van der Waals surface area contributed by atoms with Gasteiger partial charge < -0.3 is 29.9 Å². The van der Waals surface area contributed by atoms with Crippen LogP contribution in [0, 0.1) is 5.82 Å². The molecule has 3 saturated heterocycles. The molecule has 1 unspecified atom stereocenters. The first-order valence-electron chi connectivity index (χ1n) is 12.9. The van der Waals surface area contributed by atoms with Crippen molar-refractivity contribution in [2.24, 2.45) is 0 Å². The third-order valence-corrected chi connectivity index (χ3v) is 7.74. The summed E-state index contributed by atoms with van der Waals surface area (Å²) in [5.74, 6) is -0.513. The van der Waals surface area contributed by atoms with E-state index in [2.05, 4.69) is 36.5 Å². The Morgan fingerprint density at radius 3 is 2.82 bits per heavy atom. The van der Waals surface area contributed by atoms with Gasteiger partial charge in [-0.25, -0.2) is 14.4 Å². The molecule has 2 aromatic carbocycles. The van der Waals surface area contributed by atoms with Gasteiger partial charge in [-0.2, -0.15) is 0 Å². The minimum Gasteiger partial charge on any atom is -0.496 e. The number of fused-ring (bicyclic) bond motifs is 2. The lowest BCUT2D eigenvalue weighted by Crippen LogP contribution is -2.50. The number of rotatable bonds is 8. The van der Waals surface area contributed by atoms with E-state index in [-0.39, 0.29) is 23.0 Å². The molecule has 6 rings (SSSR count). The lowest BCUT2D eigenvalue weighted by Gasteiger charge is -2.43. The van der Waals surface area contributed by atoms with Gasteiger partial charge in [-0.15, -0.1) is 0 Å². The van der Waals surface area contributed by atoms with Gasteiger partial charge in [-0.05, 0) is 49.2 Å². The van der Waals surface area contributed by atoms with E-state index in [0.29, 0.717) is 30.5 Å². The summed E-state index contributed by atoms with van der Waals surface area (Å²) in [6.45, 7) is 3.49. The summed E-state index contributed by atoms with van der Waals surface area (Å²) < 4.78 is 25.3. The zero-order chi connectivity index (χ0) is 26.2. The maximum Gasteiger partial charge on any atom is 0.274 e. The van der Waals surface area contributed by atoms with Crippen LogP contribution in [-0.4, -0.2) is 74.5 Å². The molecule has 2 bridgehead atoms. The molecule has 0 spiro atoms. The van der Waals surface area contributed by atoms with Crippen molar-refractivity contribution in [2.45, 2.75) is 31.0 Å². The number of piperazine rings is 1. The minimum atomic E-state index is -0.518. The van der Waals surface area contributed by atoms with Gasteiger partial charge >= 0.3 is 0 Å². The molecule has 3 atom stereocenters. The molecule has 10 heteroatoms. The molecule has 3 aliphatic rings. The summed E-state index contributed by atoms with van der Waals surface area (Å²) >= 11 is 0. The van der Waals surface area contributed by atoms with Crippen LogP contribution in [0.1, 0.15) is 23.3 Å². The van der Waals surface area contributed by atoms with Crippen LogP contribution in [0.25, 0.3) is 11.4 Å². The number of ether oxygens (including phenoxy) is 2. The highest BCUT2D eigenvalue weighted by atomic mass is 19.1. The SMILES string of the molecule is COCC1CCN1c1ccc(NC(=O)c2ccnc(-c3c(F)cccc3OC)n2)c(N2C[C@@H]3C[C@H]2CN3)c1. The number of aromatic nitrogens is 2. The van der Waals surface area contributed by atoms with Crippen molar-refractivity contribution in [1.29, 1.82) is 0 Å². The largest absolute Gasteiger partial charge is 0.496 e. The Morgan fingerprint density at radius 1 is 1.21 bits per heavy atom. The summed E-state index contributed by atoms with van der Waals surface area (Å²) in [6.07, 6.45) is 3.65. The van der Waals surface area contributed by atoms with Gasteiger partial charge in [0.05, 0.1) is 36.7 Å². The Bertz CT molecular complexity index is 1350. The first kappa shape index (κ1) is 24.6. The van der Waals surface area contributed by atoms with Crippen LogP contribution in [-0.2, 0) is 4.74 Å². The van der Waals surface area contributed by atoms with Gasteiger partial charge in [0.15, 0.2) is 5.82 Å². The van der Waals surface area contributed by atoms with Crippen molar-refractivity contribution in [3.8, 4) is 17.1 Å². The van der Waals surface area contributed by atoms with Crippen molar-refractivity contribution >= 4 is 23.0 Å². The molecule has 1 amide bonds. The first-order valence-corrected chi connectivity index (χ1v) is 12.9. The molecule has 0 saturated carbocycles. The van der Waals surface area contributed by atoms with Gasteiger partial charge in [0.2, 0.25) is 0 Å². The van der Waals surface area contributed by atoms with E-state index in [1.807, 2.05) is 12.1 Å². The number of methoxy groups -OCH3 is 2. The molecule has 0 radical (unpaired) electrons. The number of carbonyl (C=O) groups is 1. The van der Waals surface area contributed by atoms with Gasteiger partial charge in [0.1, 0.15) is 17.3 Å². The second-order valence-electron chi connectivity index (χ2n) is 9.98. The van der Waals surface area contributed by atoms with Gasteiger partial charge in [0, 0.05) is 50.7 Å². The van der Waals surface area contributed by atoms with E-state index in [0.717, 1.165) is 49.5 Å². The molecule has 38 heavy (non-hydrogen) atoms. The average Bonchev–Trinajstić information content (AvgIpc) is 3.56. The Hall–Kier alpha value is -3.76. The molecule has 1 aromatic heterocycles. The molecule has 3 aliphatic heterocycles. The van der Waals surface area contributed by atoms with Crippen molar-refractivity contribution in [2.75, 3.05) is 55.6 Å². The lowest BCUT2D eigenvalue weighted by molar-refractivity contribution is 0.102. The Morgan fingerprint density at radius 2 is 2.11 bits per heavy atom. The van der Waals surface area contributed by atoms with Crippen molar-refractivity contribution in [3.05, 3.63) is 60.2 Å². The summed E-state index contributed by atoms with van der Waals surface area (Å²) in [7, 11) is 3.19. The normalized spacial score (nSPS) is 21.9. The number of hydrogen-bond acceptors (Lipinski definition) is 8. The third kappa shape index (κ3) is 4.43. The number of carbonyl (C=O) groups excluding carboxylic acids is 1. The molecule has 0 aliphatic carbocycles. The summed E-state index contributed by atoms with van der Waals surface area (Å²) in [6, 6.07) is 13.4. The van der Waals surface area contributed by atoms with Crippen LogP contribution >= 0.6 is 0 Å². The van der Waals surface area contributed by atoms with E-state index in [1.54, 1.807) is 19.2 Å². The highest BCUT2D eigenvalue weighted by Gasteiger charge is 2.39. The Balaban J connectivity index is 1.30. The van der Waals surface area contributed by atoms with Crippen LogP contribution in [0.3, 0.4) is 0 Å².